The van der Waals surface area contributed by atoms with Crippen molar-refractivity contribution >= 4 is 17.5 Å². The van der Waals surface area contributed by atoms with Crippen LogP contribution < -0.4 is 20.1 Å². The molecule has 2 N–H and O–H groups in total. The number of nitrogens with one attached hydrogen (secondary N) is 2. The van der Waals surface area contributed by atoms with Crippen LogP contribution >= 0.6 is 0 Å². The fourth-order valence-electron chi connectivity index (χ4n) is 2.51. The number of aromatic nitrogens is 2. The maximum atomic E-state index is 12.5. The minimum Gasteiger partial charge on any atom is -0.495 e. The molecule has 6 nitrogen and oxygen atoms in total. The van der Waals surface area contributed by atoms with Gasteiger partial charge in [-0.25, -0.2) is 4.98 Å². The zero-order chi connectivity index (χ0) is 20.1. The second-order valence-corrected chi connectivity index (χ2v) is 5.61. The minimum atomic E-state index is -4.77. The highest BCUT2D eigenvalue weighted by Crippen LogP contribution is 2.31. The van der Waals surface area contributed by atoms with Crippen LogP contribution in [0.15, 0.2) is 54.6 Å². The van der Waals surface area contributed by atoms with E-state index in [0.717, 1.165) is 0 Å². The first-order valence-electron chi connectivity index (χ1n) is 8.21. The SMILES string of the molecule is CNc1nc(Nc2ccccc2OC)cc(-c2cccc(OC(F)(F)F)c2)n1. The first-order chi connectivity index (χ1) is 13.4. The van der Waals surface area contributed by atoms with Gasteiger partial charge in [0.25, 0.3) is 0 Å². The molecule has 0 bridgehead atoms. The van der Waals surface area contributed by atoms with Crippen LogP contribution in [0.2, 0.25) is 0 Å². The molecule has 0 amide bonds. The zero-order valence-corrected chi connectivity index (χ0v) is 15.0. The third-order valence-electron chi connectivity index (χ3n) is 3.68. The minimum absolute atomic E-state index is 0.303. The highest BCUT2D eigenvalue weighted by Gasteiger charge is 2.31. The Kier molecular flexibility index (Phi) is 5.53. The molecule has 0 spiro atoms. The van der Waals surface area contributed by atoms with Crippen molar-refractivity contribution in [1.29, 1.82) is 0 Å². The van der Waals surface area contributed by atoms with Gasteiger partial charge < -0.3 is 20.1 Å². The van der Waals surface area contributed by atoms with Gasteiger partial charge in [0.15, 0.2) is 0 Å². The second-order valence-electron chi connectivity index (χ2n) is 5.61. The summed E-state index contributed by atoms with van der Waals surface area (Å²) in [5.41, 5.74) is 1.55. The van der Waals surface area contributed by atoms with Crippen LogP contribution in [0.1, 0.15) is 0 Å². The lowest BCUT2D eigenvalue weighted by Gasteiger charge is -2.13. The zero-order valence-electron chi connectivity index (χ0n) is 15.0. The van der Waals surface area contributed by atoms with E-state index in [1.165, 1.54) is 18.2 Å². The van der Waals surface area contributed by atoms with E-state index < -0.39 is 6.36 Å². The summed E-state index contributed by atoms with van der Waals surface area (Å²) in [6, 6.07) is 14.5. The number of anilines is 3. The average molecular weight is 390 g/mol. The van der Waals surface area contributed by atoms with E-state index in [9.17, 15) is 13.2 Å². The number of benzene rings is 2. The topological polar surface area (TPSA) is 68.3 Å². The highest BCUT2D eigenvalue weighted by molar-refractivity contribution is 5.70. The summed E-state index contributed by atoms with van der Waals surface area (Å²) in [7, 11) is 3.20. The highest BCUT2D eigenvalue weighted by atomic mass is 19.4. The van der Waals surface area contributed by atoms with Gasteiger partial charge >= 0.3 is 6.36 Å². The smallest absolute Gasteiger partial charge is 0.495 e. The largest absolute Gasteiger partial charge is 0.573 e. The van der Waals surface area contributed by atoms with Crippen LogP contribution in [-0.2, 0) is 0 Å². The van der Waals surface area contributed by atoms with Crippen molar-refractivity contribution in [3.63, 3.8) is 0 Å². The molecule has 146 valence electrons. The Hall–Kier alpha value is -3.49. The van der Waals surface area contributed by atoms with Crippen LogP contribution in [0.3, 0.4) is 0 Å². The molecular formula is C19H17F3N4O2. The fraction of sp³-hybridized carbons (Fsp3) is 0.158. The predicted octanol–water partition coefficient (Wildman–Crippen LogP) is 4.84. The molecule has 28 heavy (non-hydrogen) atoms. The van der Waals surface area contributed by atoms with Gasteiger partial charge in [-0.05, 0) is 24.3 Å². The Morgan fingerprint density at radius 2 is 1.75 bits per heavy atom. The average Bonchev–Trinajstić information content (AvgIpc) is 2.67. The molecule has 0 atom stereocenters. The molecule has 1 heterocycles. The van der Waals surface area contributed by atoms with Gasteiger partial charge in [-0.3, -0.25) is 0 Å². The first kappa shape index (κ1) is 19.3. The van der Waals surface area contributed by atoms with Crippen molar-refractivity contribution in [2.45, 2.75) is 6.36 Å². The van der Waals surface area contributed by atoms with Gasteiger partial charge in [0.05, 0.1) is 18.5 Å². The number of hydrogen-bond donors (Lipinski definition) is 2. The standard InChI is InChI=1S/C19H17F3N4O2/c1-23-18-25-15(12-6-5-7-13(10-12)28-19(20,21)22)11-17(26-18)24-14-8-3-4-9-16(14)27-2/h3-11H,1-2H3,(H2,23,24,25,26). The molecule has 0 radical (unpaired) electrons. The molecular weight excluding hydrogens is 373 g/mol. The number of halogens is 3. The van der Waals surface area contributed by atoms with E-state index in [0.29, 0.717) is 34.5 Å². The third-order valence-corrected chi connectivity index (χ3v) is 3.68. The van der Waals surface area contributed by atoms with Gasteiger partial charge in [0.2, 0.25) is 5.95 Å². The van der Waals surface area contributed by atoms with E-state index in [1.807, 2.05) is 18.2 Å². The number of rotatable bonds is 6. The van der Waals surface area contributed by atoms with Crippen molar-refractivity contribution in [1.82, 2.24) is 9.97 Å². The molecule has 0 saturated heterocycles. The summed E-state index contributed by atoms with van der Waals surface area (Å²) in [5.74, 6) is 1.04. The molecule has 0 saturated carbocycles. The molecule has 0 fully saturated rings. The third kappa shape index (κ3) is 4.81. The summed E-state index contributed by atoms with van der Waals surface area (Å²) < 4.78 is 46.8. The van der Waals surface area contributed by atoms with Crippen LogP contribution in [0.5, 0.6) is 11.5 Å². The molecule has 3 rings (SSSR count). The summed E-state index contributed by atoms with van der Waals surface area (Å²) in [4.78, 5) is 8.64. The van der Waals surface area contributed by atoms with E-state index in [4.69, 9.17) is 4.74 Å². The monoisotopic (exact) mass is 390 g/mol. The van der Waals surface area contributed by atoms with Gasteiger partial charge in [-0.2, -0.15) is 4.98 Å². The molecule has 0 aliphatic rings. The molecule has 0 aliphatic heterocycles. The Balaban J connectivity index is 1.97. The number of nitrogens with zero attached hydrogens (tertiary/aromatic N) is 2. The normalized spacial score (nSPS) is 11.0. The summed E-state index contributed by atoms with van der Waals surface area (Å²) in [5, 5.41) is 5.97. The van der Waals surface area contributed by atoms with Crippen molar-refractivity contribution < 1.29 is 22.6 Å². The number of para-hydroxylation sites is 2. The Labute approximate surface area is 159 Å². The van der Waals surface area contributed by atoms with E-state index in [-0.39, 0.29) is 5.75 Å². The van der Waals surface area contributed by atoms with Gasteiger partial charge in [0, 0.05) is 18.7 Å². The molecule has 0 aliphatic carbocycles. The van der Waals surface area contributed by atoms with Crippen LogP contribution in [-0.4, -0.2) is 30.5 Å². The summed E-state index contributed by atoms with van der Waals surface area (Å²) >= 11 is 0. The van der Waals surface area contributed by atoms with Crippen molar-refractivity contribution in [2.24, 2.45) is 0 Å². The van der Waals surface area contributed by atoms with E-state index >= 15 is 0 Å². The number of alkyl halides is 3. The van der Waals surface area contributed by atoms with E-state index in [2.05, 4.69) is 25.3 Å². The fourth-order valence-corrected chi connectivity index (χ4v) is 2.51. The molecule has 1 aromatic heterocycles. The predicted molar refractivity (Wildman–Crippen MR) is 100.0 cm³/mol. The number of methoxy groups -OCH3 is 1. The van der Waals surface area contributed by atoms with Crippen LogP contribution in [0.25, 0.3) is 11.3 Å². The second kappa shape index (κ2) is 8.03. The molecule has 2 aromatic carbocycles. The Morgan fingerprint density at radius 1 is 0.964 bits per heavy atom. The van der Waals surface area contributed by atoms with Gasteiger partial charge in [-0.15, -0.1) is 13.2 Å². The van der Waals surface area contributed by atoms with Crippen molar-refractivity contribution in [3.8, 4) is 22.8 Å². The molecule has 0 unspecified atom stereocenters. The summed E-state index contributed by atoms with van der Waals surface area (Å²) in [6.07, 6.45) is -4.77. The van der Waals surface area contributed by atoms with E-state index in [1.54, 1.807) is 32.4 Å². The molecule has 3 aromatic rings. The lowest BCUT2D eigenvalue weighted by molar-refractivity contribution is -0.274. The Bertz CT molecular complexity index is 964. The lowest BCUT2D eigenvalue weighted by atomic mass is 10.1. The van der Waals surface area contributed by atoms with Crippen molar-refractivity contribution in [3.05, 3.63) is 54.6 Å². The number of ether oxygens (including phenoxy) is 2. The maximum absolute atomic E-state index is 12.5. The molecule has 9 heteroatoms. The first-order valence-corrected chi connectivity index (χ1v) is 8.21. The number of hydrogen-bond acceptors (Lipinski definition) is 6. The van der Waals surface area contributed by atoms with Crippen molar-refractivity contribution in [2.75, 3.05) is 24.8 Å². The van der Waals surface area contributed by atoms with Gasteiger partial charge in [-0.1, -0.05) is 24.3 Å². The van der Waals surface area contributed by atoms with Crippen LogP contribution in [0.4, 0.5) is 30.6 Å². The quantitative estimate of drug-likeness (QED) is 0.628. The Morgan fingerprint density at radius 3 is 2.46 bits per heavy atom. The maximum Gasteiger partial charge on any atom is 0.573 e. The van der Waals surface area contributed by atoms with Gasteiger partial charge in [0.1, 0.15) is 17.3 Å². The summed E-state index contributed by atoms with van der Waals surface area (Å²) in [6.45, 7) is 0. The lowest BCUT2D eigenvalue weighted by Crippen LogP contribution is -2.17. The van der Waals surface area contributed by atoms with Crippen LogP contribution in [0, 0.1) is 0 Å².